The Hall–Kier alpha value is -3.59. The van der Waals surface area contributed by atoms with Crippen molar-refractivity contribution in [3.63, 3.8) is 0 Å². The molecule has 1 aliphatic rings. The lowest BCUT2D eigenvalue weighted by atomic mass is 9.94. The molecule has 10 heteroatoms. The zero-order chi connectivity index (χ0) is 24.0. The molecule has 0 bridgehead atoms. The van der Waals surface area contributed by atoms with Crippen LogP contribution in [-0.2, 0) is 16.6 Å². The summed E-state index contributed by atoms with van der Waals surface area (Å²) in [6, 6.07) is 6.80. The van der Waals surface area contributed by atoms with Gasteiger partial charge in [-0.1, -0.05) is 11.6 Å². The second-order valence-corrected chi connectivity index (χ2v) is 8.24. The number of benzene rings is 1. The molecule has 0 spiro atoms. The largest absolute Gasteiger partial charge is 0.324 e. The Morgan fingerprint density at radius 3 is 2.64 bits per heavy atom. The standard InChI is InChI=1S/C23H19ClF2N4O3/c1-11-8-17-20(21(26)27-11)14-6-7-29(3)23(33)19(14)12(2)22(32)30(17)10-18(31)28-13-4-5-15(24)16(25)9-13/h4-9,12H,10H2,1-3H3,(H,28,31). The first kappa shape index (κ1) is 22.6. The number of halogens is 3. The van der Waals surface area contributed by atoms with Crippen LogP contribution >= 0.6 is 11.6 Å². The number of fused-ring (bicyclic) bond motifs is 3. The number of anilines is 2. The SMILES string of the molecule is Cc1cc2c(c(F)n1)-c1ccn(C)c(=O)c1C(C)C(=O)N2CC(=O)Nc1ccc(Cl)c(F)c1. The molecule has 0 saturated carbocycles. The van der Waals surface area contributed by atoms with E-state index in [0.29, 0.717) is 5.69 Å². The Morgan fingerprint density at radius 2 is 1.94 bits per heavy atom. The van der Waals surface area contributed by atoms with Crippen molar-refractivity contribution in [2.75, 3.05) is 16.8 Å². The van der Waals surface area contributed by atoms with E-state index >= 15 is 4.39 Å². The van der Waals surface area contributed by atoms with E-state index in [2.05, 4.69) is 10.3 Å². The summed E-state index contributed by atoms with van der Waals surface area (Å²) in [5.74, 6) is -3.72. The van der Waals surface area contributed by atoms with E-state index in [4.69, 9.17) is 11.6 Å². The van der Waals surface area contributed by atoms with Gasteiger partial charge in [0.05, 0.1) is 22.2 Å². The lowest BCUT2D eigenvalue weighted by Gasteiger charge is -2.24. The van der Waals surface area contributed by atoms with Crippen LogP contribution in [0.15, 0.2) is 41.3 Å². The maximum Gasteiger partial charge on any atom is 0.254 e. The van der Waals surface area contributed by atoms with Crippen molar-refractivity contribution in [1.82, 2.24) is 9.55 Å². The second-order valence-electron chi connectivity index (χ2n) is 7.83. The highest BCUT2D eigenvalue weighted by atomic mass is 35.5. The van der Waals surface area contributed by atoms with E-state index in [1.165, 1.54) is 42.9 Å². The van der Waals surface area contributed by atoms with Crippen molar-refractivity contribution >= 4 is 34.8 Å². The van der Waals surface area contributed by atoms with Crippen LogP contribution in [0, 0.1) is 18.7 Å². The van der Waals surface area contributed by atoms with Gasteiger partial charge in [-0.2, -0.15) is 4.39 Å². The van der Waals surface area contributed by atoms with Crippen LogP contribution in [0.5, 0.6) is 0 Å². The highest BCUT2D eigenvalue weighted by molar-refractivity contribution is 6.30. The molecule has 0 aliphatic carbocycles. The number of aromatic nitrogens is 2. The Kier molecular flexibility index (Phi) is 5.75. The number of carbonyl (C=O) groups is 2. The van der Waals surface area contributed by atoms with Gasteiger partial charge in [0.15, 0.2) is 0 Å². The first-order valence-corrected chi connectivity index (χ1v) is 10.4. The van der Waals surface area contributed by atoms with Crippen molar-refractivity contribution in [3.8, 4) is 11.1 Å². The number of carbonyl (C=O) groups excluding carboxylic acids is 2. The summed E-state index contributed by atoms with van der Waals surface area (Å²) in [6.07, 6.45) is 1.49. The minimum Gasteiger partial charge on any atom is -0.324 e. The highest BCUT2D eigenvalue weighted by Gasteiger charge is 2.36. The van der Waals surface area contributed by atoms with Gasteiger partial charge in [0.25, 0.3) is 5.56 Å². The van der Waals surface area contributed by atoms with E-state index in [-0.39, 0.29) is 33.1 Å². The number of aryl methyl sites for hydroxylation is 2. The number of pyridine rings is 2. The first-order valence-electron chi connectivity index (χ1n) is 10.0. The molecule has 1 unspecified atom stereocenters. The molecule has 3 heterocycles. The normalized spacial score (nSPS) is 15.0. The maximum atomic E-state index is 15.1. The third-order valence-corrected chi connectivity index (χ3v) is 5.83. The smallest absolute Gasteiger partial charge is 0.254 e. The third-order valence-electron chi connectivity index (χ3n) is 5.52. The topological polar surface area (TPSA) is 84.3 Å². The second kappa shape index (κ2) is 8.40. The molecule has 1 atom stereocenters. The third kappa shape index (κ3) is 4.00. The van der Waals surface area contributed by atoms with Gasteiger partial charge in [0, 0.05) is 30.2 Å². The summed E-state index contributed by atoms with van der Waals surface area (Å²) in [6.45, 7) is 2.60. The zero-order valence-corrected chi connectivity index (χ0v) is 18.7. The van der Waals surface area contributed by atoms with Crippen molar-refractivity contribution in [2.45, 2.75) is 19.8 Å². The van der Waals surface area contributed by atoms with Crippen LogP contribution in [0.4, 0.5) is 20.2 Å². The van der Waals surface area contributed by atoms with Gasteiger partial charge in [-0.05, 0) is 49.7 Å². The molecular formula is C23H19ClF2N4O3. The summed E-state index contributed by atoms with van der Waals surface area (Å²) < 4.78 is 30.1. The van der Waals surface area contributed by atoms with E-state index in [1.54, 1.807) is 13.0 Å². The number of nitrogens with zero attached hydrogens (tertiary/aromatic N) is 3. The van der Waals surface area contributed by atoms with Crippen molar-refractivity contribution in [3.05, 3.63) is 74.9 Å². The fraction of sp³-hybridized carbons (Fsp3) is 0.217. The zero-order valence-electron chi connectivity index (χ0n) is 17.9. The fourth-order valence-electron chi connectivity index (χ4n) is 3.92. The minimum absolute atomic E-state index is 0.0312. The van der Waals surface area contributed by atoms with Crippen LogP contribution in [0.3, 0.4) is 0 Å². The van der Waals surface area contributed by atoms with Crippen molar-refractivity contribution in [1.29, 1.82) is 0 Å². The highest BCUT2D eigenvalue weighted by Crippen LogP contribution is 2.41. The summed E-state index contributed by atoms with van der Waals surface area (Å²) in [5.41, 5.74) is 0.468. The Bertz CT molecular complexity index is 1370. The van der Waals surface area contributed by atoms with Crippen LogP contribution in [0.2, 0.25) is 5.02 Å². The lowest BCUT2D eigenvalue weighted by Crippen LogP contribution is -2.40. The summed E-state index contributed by atoms with van der Waals surface area (Å²) in [5, 5.41) is 2.41. The van der Waals surface area contributed by atoms with Gasteiger partial charge in [-0.3, -0.25) is 14.4 Å². The molecule has 170 valence electrons. The van der Waals surface area contributed by atoms with Crippen molar-refractivity contribution in [2.24, 2.45) is 7.05 Å². The minimum atomic E-state index is -0.951. The molecule has 1 N–H and O–H groups in total. The molecular weight excluding hydrogens is 454 g/mol. The van der Waals surface area contributed by atoms with Crippen LogP contribution in [-0.4, -0.2) is 27.9 Å². The van der Waals surface area contributed by atoms with E-state index in [1.807, 2.05) is 0 Å². The van der Waals surface area contributed by atoms with E-state index in [0.717, 1.165) is 11.0 Å². The Morgan fingerprint density at radius 1 is 1.21 bits per heavy atom. The van der Waals surface area contributed by atoms with Crippen molar-refractivity contribution < 1.29 is 18.4 Å². The number of amides is 2. The molecule has 0 fully saturated rings. The lowest BCUT2D eigenvalue weighted by molar-refractivity contribution is -0.122. The molecule has 1 aliphatic heterocycles. The van der Waals surface area contributed by atoms with Gasteiger partial charge in [-0.25, -0.2) is 9.37 Å². The predicted molar refractivity (Wildman–Crippen MR) is 120 cm³/mol. The average molecular weight is 473 g/mol. The van der Waals surface area contributed by atoms with Gasteiger partial charge >= 0.3 is 0 Å². The Labute approximate surface area is 192 Å². The van der Waals surface area contributed by atoms with E-state index < -0.39 is 41.6 Å². The average Bonchev–Trinajstić information content (AvgIpc) is 2.83. The quantitative estimate of drug-likeness (QED) is 0.588. The molecule has 1 aromatic carbocycles. The van der Waals surface area contributed by atoms with Gasteiger partial charge in [0.1, 0.15) is 12.4 Å². The fourth-order valence-corrected chi connectivity index (χ4v) is 4.04. The molecule has 2 amide bonds. The molecule has 33 heavy (non-hydrogen) atoms. The summed E-state index contributed by atoms with van der Waals surface area (Å²) in [4.78, 5) is 44.0. The predicted octanol–water partition coefficient (Wildman–Crippen LogP) is 3.78. The molecule has 7 nitrogen and oxygen atoms in total. The number of hydrogen-bond acceptors (Lipinski definition) is 4. The van der Waals surface area contributed by atoms with Gasteiger partial charge < -0.3 is 14.8 Å². The van der Waals surface area contributed by atoms with Gasteiger partial charge in [-0.15, -0.1) is 0 Å². The summed E-state index contributed by atoms with van der Waals surface area (Å²) in [7, 11) is 1.53. The maximum absolute atomic E-state index is 15.1. The molecule has 4 rings (SSSR count). The Balaban J connectivity index is 1.81. The molecule has 3 aromatic rings. The monoisotopic (exact) mass is 472 g/mol. The number of rotatable bonds is 3. The van der Waals surface area contributed by atoms with Crippen LogP contribution in [0.25, 0.3) is 11.1 Å². The van der Waals surface area contributed by atoms with Crippen LogP contribution in [0.1, 0.15) is 24.1 Å². The summed E-state index contributed by atoms with van der Waals surface area (Å²) >= 11 is 5.67. The van der Waals surface area contributed by atoms with Gasteiger partial charge in [0.2, 0.25) is 17.8 Å². The number of nitrogens with one attached hydrogen (secondary N) is 1. The molecule has 0 saturated heterocycles. The number of hydrogen-bond donors (Lipinski definition) is 1. The van der Waals surface area contributed by atoms with E-state index in [9.17, 15) is 18.8 Å². The molecule has 2 aromatic heterocycles. The first-order chi connectivity index (χ1) is 15.6. The molecule has 0 radical (unpaired) electrons. The van der Waals surface area contributed by atoms with Crippen LogP contribution < -0.4 is 15.8 Å².